The Balaban J connectivity index is 1.51. The summed E-state index contributed by atoms with van der Waals surface area (Å²) in [6, 6.07) is 8.07. The lowest BCUT2D eigenvalue weighted by molar-refractivity contribution is -0.132. The van der Waals surface area contributed by atoms with Crippen molar-refractivity contribution in [2.45, 2.75) is 12.6 Å². The van der Waals surface area contributed by atoms with Crippen molar-refractivity contribution in [2.75, 3.05) is 32.7 Å². The molecule has 1 atom stereocenters. The van der Waals surface area contributed by atoms with Gasteiger partial charge in [0.2, 0.25) is 5.91 Å². The molecule has 0 aromatic heterocycles. The molecule has 2 saturated heterocycles. The van der Waals surface area contributed by atoms with Gasteiger partial charge in [0, 0.05) is 44.3 Å². The SMILES string of the molecule is O=C([C@H]1CN1)N1CCN(Cc2cccc(Cl)c2)CC1. The molecule has 0 spiro atoms. The fourth-order valence-electron chi connectivity index (χ4n) is 2.47. The predicted octanol–water partition coefficient (Wildman–Crippen LogP) is 0.956. The molecule has 0 radical (unpaired) electrons. The summed E-state index contributed by atoms with van der Waals surface area (Å²) in [4.78, 5) is 16.2. The first-order valence-electron chi connectivity index (χ1n) is 6.71. The molecule has 2 aliphatic heterocycles. The molecule has 1 N–H and O–H groups in total. The highest BCUT2D eigenvalue weighted by Crippen LogP contribution is 2.14. The van der Waals surface area contributed by atoms with Crippen molar-refractivity contribution in [3.05, 3.63) is 34.9 Å². The van der Waals surface area contributed by atoms with Gasteiger partial charge in [-0.2, -0.15) is 0 Å². The van der Waals surface area contributed by atoms with E-state index in [0.29, 0.717) is 0 Å². The second-order valence-electron chi connectivity index (χ2n) is 5.19. The fourth-order valence-corrected chi connectivity index (χ4v) is 2.69. The average molecular weight is 280 g/mol. The summed E-state index contributed by atoms with van der Waals surface area (Å²) >= 11 is 5.99. The highest BCUT2D eigenvalue weighted by Gasteiger charge is 2.33. The molecule has 2 aliphatic rings. The Morgan fingerprint density at radius 3 is 2.68 bits per heavy atom. The minimum absolute atomic E-state index is 0.0967. The van der Waals surface area contributed by atoms with Gasteiger partial charge in [0.1, 0.15) is 0 Å². The Morgan fingerprint density at radius 1 is 1.32 bits per heavy atom. The summed E-state index contributed by atoms with van der Waals surface area (Å²) in [6.07, 6.45) is 0. The Kier molecular flexibility index (Phi) is 3.73. The molecular weight excluding hydrogens is 262 g/mol. The number of carbonyl (C=O) groups is 1. The number of piperazine rings is 1. The van der Waals surface area contributed by atoms with E-state index in [0.717, 1.165) is 44.3 Å². The number of benzene rings is 1. The summed E-state index contributed by atoms with van der Waals surface area (Å²) in [5.74, 6) is 0.266. The van der Waals surface area contributed by atoms with Gasteiger partial charge in [0.15, 0.2) is 0 Å². The molecule has 1 aromatic carbocycles. The van der Waals surface area contributed by atoms with Gasteiger partial charge >= 0.3 is 0 Å². The summed E-state index contributed by atoms with van der Waals surface area (Å²) < 4.78 is 0. The maximum atomic E-state index is 11.9. The van der Waals surface area contributed by atoms with E-state index in [4.69, 9.17) is 11.6 Å². The quantitative estimate of drug-likeness (QED) is 0.838. The first-order valence-corrected chi connectivity index (χ1v) is 7.09. The van der Waals surface area contributed by atoms with Crippen molar-refractivity contribution >= 4 is 17.5 Å². The van der Waals surface area contributed by atoms with Gasteiger partial charge in [-0.3, -0.25) is 9.69 Å². The molecule has 2 fully saturated rings. The van der Waals surface area contributed by atoms with Crippen LogP contribution in [-0.4, -0.2) is 54.5 Å². The van der Waals surface area contributed by atoms with E-state index < -0.39 is 0 Å². The second-order valence-corrected chi connectivity index (χ2v) is 5.63. The molecule has 1 aromatic rings. The standard InChI is InChI=1S/C14H18ClN3O/c15-12-3-1-2-11(8-12)10-17-4-6-18(7-5-17)14(19)13-9-16-13/h1-3,8,13,16H,4-7,9-10H2/t13-/m1/s1. The lowest BCUT2D eigenvalue weighted by atomic mass is 10.2. The smallest absolute Gasteiger partial charge is 0.241 e. The first kappa shape index (κ1) is 12.9. The van der Waals surface area contributed by atoms with E-state index in [1.807, 2.05) is 23.1 Å². The highest BCUT2D eigenvalue weighted by atomic mass is 35.5. The summed E-state index contributed by atoms with van der Waals surface area (Å²) in [7, 11) is 0. The zero-order valence-corrected chi connectivity index (χ0v) is 11.6. The number of hydrogen-bond acceptors (Lipinski definition) is 3. The van der Waals surface area contributed by atoms with Gasteiger partial charge < -0.3 is 10.2 Å². The average Bonchev–Trinajstić information content (AvgIpc) is 3.23. The highest BCUT2D eigenvalue weighted by molar-refractivity contribution is 6.30. The maximum Gasteiger partial charge on any atom is 0.241 e. The van der Waals surface area contributed by atoms with E-state index >= 15 is 0 Å². The topological polar surface area (TPSA) is 45.5 Å². The van der Waals surface area contributed by atoms with E-state index in [-0.39, 0.29) is 11.9 Å². The zero-order valence-electron chi connectivity index (χ0n) is 10.8. The molecule has 19 heavy (non-hydrogen) atoms. The van der Waals surface area contributed by atoms with Crippen LogP contribution in [0.25, 0.3) is 0 Å². The molecule has 3 rings (SSSR count). The third-order valence-electron chi connectivity index (χ3n) is 3.69. The van der Waals surface area contributed by atoms with Gasteiger partial charge in [-0.05, 0) is 17.7 Å². The van der Waals surface area contributed by atoms with Crippen molar-refractivity contribution in [2.24, 2.45) is 0 Å². The van der Waals surface area contributed by atoms with Crippen LogP contribution in [0.5, 0.6) is 0 Å². The third-order valence-corrected chi connectivity index (χ3v) is 3.92. The monoisotopic (exact) mass is 279 g/mol. The van der Waals surface area contributed by atoms with Gasteiger partial charge in [-0.25, -0.2) is 0 Å². The molecule has 4 nitrogen and oxygen atoms in total. The minimum atomic E-state index is 0.0967. The zero-order chi connectivity index (χ0) is 13.2. The first-order chi connectivity index (χ1) is 9.22. The van der Waals surface area contributed by atoms with Gasteiger partial charge in [0.05, 0.1) is 6.04 Å². The second kappa shape index (κ2) is 5.49. The fraction of sp³-hybridized carbons (Fsp3) is 0.500. The van der Waals surface area contributed by atoms with E-state index in [9.17, 15) is 4.79 Å². The van der Waals surface area contributed by atoms with Crippen LogP contribution in [0.3, 0.4) is 0 Å². The molecule has 2 heterocycles. The van der Waals surface area contributed by atoms with Crippen LogP contribution in [0.2, 0.25) is 5.02 Å². The molecular formula is C14H18ClN3O. The number of halogens is 1. The van der Waals surface area contributed by atoms with Crippen LogP contribution in [-0.2, 0) is 11.3 Å². The molecule has 5 heteroatoms. The Morgan fingerprint density at radius 2 is 2.05 bits per heavy atom. The Labute approximate surface area is 118 Å². The van der Waals surface area contributed by atoms with Crippen molar-refractivity contribution in [1.29, 1.82) is 0 Å². The van der Waals surface area contributed by atoms with Crippen molar-refractivity contribution < 1.29 is 4.79 Å². The summed E-state index contributed by atoms with van der Waals surface area (Å²) in [6.45, 7) is 5.29. The molecule has 1 amide bonds. The minimum Gasteiger partial charge on any atom is -0.339 e. The van der Waals surface area contributed by atoms with Gasteiger partial charge in [-0.1, -0.05) is 23.7 Å². The van der Waals surface area contributed by atoms with Crippen LogP contribution in [0.1, 0.15) is 5.56 Å². The normalized spacial score (nSPS) is 23.4. The molecule has 0 bridgehead atoms. The van der Waals surface area contributed by atoms with Gasteiger partial charge in [0.25, 0.3) is 0 Å². The van der Waals surface area contributed by atoms with E-state index in [1.165, 1.54) is 5.56 Å². The number of nitrogens with one attached hydrogen (secondary N) is 1. The van der Waals surface area contributed by atoms with E-state index in [1.54, 1.807) is 0 Å². The number of carbonyl (C=O) groups excluding carboxylic acids is 1. The summed E-state index contributed by atoms with van der Waals surface area (Å²) in [5, 5.41) is 3.85. The predicted molar refractivity (Wildman–Crippen MR) is 75.1 cm³/mol. The van der Waals surface area contributed by atoms with Crippen LogP contribution in [0, 0.1) is 0 Å². The molecule has 0 aliphatic carbocycles. The third kappa shape index (κ3) is 3.26. The van der Waals surface area contributed by atoms with E-state index in [2.05, 4.69) is 16.3 Å². The molecule has 0 unspecified atom stereocenters. The Bertz CT molecular complexity index is 468. The number of hydrogen-bond donors (Lipinski definition) is 1. The van der Waals surface area contributed by atoms with Crippen molar-refractivity contribution in [3.8, 4) is 0 Å². The largest absolute Gasteiger partial charge is 0.339 e. The maximum absolute atomic E-state index is 11.9. The molecule has 102 valence electrons. The van der Waals surface area contributed by atoms with Crippen LogP contribution in [0.4, 0.5) is 0 Å². The van der Waals surface area contributed by atoms with Crippen molar-refractivity contribution in [3.63, 3.8) is 0 Å². The Hall–Kier alpha value is -1.10. The van der Waals surface area contributed by atoms with Gasteiger partial charge in [-0.15, -0.1) is 0 Å². The number of rotatable bonds is 3. The summed E-state index contributed by atoms with van der Waals surface area (Å²) in [5.41, 5.74) is 1.23. The van der Waals surface area contributed by atoms with Crippen molar-refractivity contribution in [1.82, 2.24) is 15.1 Å². The lowest BCUT2D eigenvalue weighted by Crippen LogP contribution is -2.49. The van der Waals surface area contributed by atoms with Crippen LogP contribution < -0.4 is 5.32 Å². The van der Waals surface area contributed by atoms with Crippen LogP contribution in [0.15, 0.2) is 24.3 Å². The molecule has 0 saturated carbocycles. The lowest BCUT2D eigenvalue weighted by Gasteiger charge is -2.34. The van der Waals surface area contributed by atoms with Crippen LogP contribution >= 0.6 is 11.6 Å². The number of nitrogens with zero attached hydrogens (tertiary/aromatic N) is 2. The number of amides is 1.